The largest absolute Gasteiger partial charge is 0.477 e. The van der Waals surface area contributed by atoms with E-state index >= 15 is 0 Å². The van der Waals surface area contributed by atoms with Crippen molar-refractivity contribution in [1.82, 2.24) is 19.9 Å². The van der Waals surface area contributed by atoms with E-state index in [2.05, 4.69) is 19.9 Å². The molecule has 168 valence electrons. The van der Waals surface area contributed by atoms with Crippen LogP contribution in [-0.4, -0.2) is 47.0 Å². The van der Waals surface area contributed by atoms with Gasteiger partial charge in [0.05, 0.1) is 35.8 Å². The van der Waals surface area contributed by atoms with Crippen LogP contribution >= 0.6 is 0 Å². The Morgan fingerprint density at radius 1 is 1.06 bits per heavy atom. The van der Waals surface area contributed by atoms with Crippen molar-refractivity contribution in [3.8, 4) is 17.1 Å². The molecule has 32 heavy (non-hydrogen) atoms. The minimum Gasteiger partial charge on any atom is -0.477 e. The first-order valence-electron chi connectivity index (χ1n) is 10.2. The zero-order valence-corrected chi connectivity index (χ0v) is 19.4. The number of rotatable bonds is 9. The molecule has 9 heteroatoms. The van der Waals surface area contributed by atoms with Gasteiger partial charge in [-0.3, -0.25) is 9.78 Å². The van der Waals surface area contributed by atoms with Crippen LogP contribution in [0.25, 0.3) is 11.3 Å². The number of carbonyl (C=O) groups excluding carboxylic acids is 1. The molecule has 0 bridgehead atoms. The summed E-state index contributed by atoms with van der Waals surface area (Å²) < 4.78 is 28.5. The summed E-state index contributed by atoms with van der Waals surface area (Å²) in [7, 11) is -3.27. The highest BCUT2D eigenvalue weighted by Gasteiger charge is 2.31. The second-order valence-electron chi connectivity index (χ2n) is 8.03. The summed E-state index contributed by atoms with van der Waals surface area (Å²) in [5.41, 5.74) is 2.01. The van der Waals surface area contributed by atoms with E-state index < -0.39 is 15.3 Å². The molecular weight excluding hydrogens is 428 g/mol. The number of hydrogen-bond acceptors (Lipinski definition) is 8. The van der Waals surface area contributed by atoms with Crippen LogP contribution in [0.2, 0.25) is 0 Å². The van der Waals surface area contributed by atoms with Crippen molar-refractivity contribution >= 4 is 15.6 Å². The molecule has 0 aliphatic carbocycles. The molecule has 0 aliphatic heterocycles. The van der Waals surface area contributed by atoms with E-state index in [-0.39, 0.29) is 23.8 Å². The highest BCUT2D eigenvalue weighted by Crippen LogP contribution is 2.25. The number of carbonyl (C=O) groups is 1. The number of ketones is 1. The fourth-order valence-electron chi connectivity index (χ4n) is 3.10. The number of aromatic nitrogens is 4. The standard InChI is InChI=1S/C23H26N4O4S/c1-5-31-22-14-24-13-18(26-22)17-8-6-16(7-9-17)12-20(28)23(2,3)19-10-11-25-21(27-19)15-32(4,29)30/h6-11,13-14H,5,12,15H2,1-4H3. The van der Waals surface area contributed by atoms with E-state index in [1.54, 1.807) is 32.3 Å². The maximum Gasteiger partial charge on any atom is 0.232 e. The SMILES string of the molecule is CCOc1cncc(-c2ccc(CC(=O)C(C)(C)c3ccnc(CS(C)(=O)=O)n3)cc2)n1. The Labute approximate surface area is 188 Å². The Kier molecular flexibility index (Phi) is 6.98. The van der Waals surface area contributed by atoms with Crippen molar-refractivity contribution < 1.29 is 17.9 Å². The van der Waals surface area contributed by atoms with Crippen LogP contribution in [0, 0.1) is 0 Å². The molecule has 8 nitrogen and oxygen atoms in total. The van der Waals surface area contributed by atoms with Crippen molar-refractivity contribution in [2.24, 2.45) is 0 Å². The zero-order chi connectivity index (χ0) is 23.4. The molecule has 1 aromatic carbocycles. The predicted octanol–water partition coefficient (Wildman–Crippen LogP) is 2.97. The van der Waals surface area contributed by atoms with E-state index in [4.69, 9.17) is 4.74 Å². The Hall–Kier alpha value is -3.20. The molecule has 0 saturated heterocycles. The molecule has 3 rings (SSSR count). The summed E-state index contributed by atoms with van der Waals surface area (Å²) >= 11 is 0. The average molecular weight is 455 g/mol. The maximum atomic E-state index is 13.1. The van der Waals surface area contributed by atoms with Gasteiger partial charge in [-0.1, -0.05) is 24.3 Å². The van der Waals surface area contributed by atoms with Gasteiger partial charge in [-0.25, -0.2) is 23.4 Å². The highest BCUT2D eigenvalue weighted by molar-refractivity contribution is 7.89. The number of sulfone groups is 1. The fourth-order valence-corrected chi connectivity index (χ4v) is 3.71. The summed E-state index contributed by atoms with van der Waals surface area (Å²) in [6.45, 7) is 5.96. The van der Waals surface area contributed by atoms with Crippen LogP contribution in [-0.2, 0) is 32.2 Å². The van der Waals surface area contributed by atoms with Crippen molar-refractivity contribution in [2.75, 3.05) is 12.9 Å². The first-order valence-corrected chi connectivity index (χ1v) is 12.2. The monoisotopic (exact) mass is 454 g/mol. The lowest BCUT2D eigenvalue weighted by atomic mass is 9.81. The minimum absolute atomic E-state index is 0.0348. The summed E-state index contributed by atoms with van der Waals surface area (Å²) in [5, 5.41) is 0. The number of Topliss-reactive ketones (excluding diaryl/α,β-unsaturated/α-hetero) is 1. The van der Waals surface area contributed by atoms with E-state index in [1.165, 1.54) is 6.20 Å². The minimum atomic E-state index is -3.27. The zero-order valence-electron chi connectivity index (χ0n) is 18.6. The third-order valence-electron chi connectivity index (χ3n) is 4.95. The summed E-state index contributed by atoms with van der Waals surface area (Å²) in [5.74, 6) is 0.351. The number of ether oxygens (including phenoxy) is 1. The average Bonchev–Trinajstić information content (AvgIpc) is 2.74. The van der Waals surface area contributed by atoms with Gasteiger partial charge in [-0.2, -0.15) is 0 Å². The van der Waals surface area contributed by atoms with E-state index in [0.29, 0.717) is 23.9 Å². The molecule has 0 atom stereocenters. The molecule has 2 aromatic heterocycles. The normalized spacial score (nSPS) is 11.9. The second-order valence-corrected chi connectivity index (χ2v) is 10.2. The third-order valence-corrected chi connectivity index (χ3v) is 5.74. The van der Waals surface area contributed by atoms with Gasteiger partial charge in [-0.05, 0) is 32.4 Å². The molecule has 0 fully saturated rings. The Morgan fingerprint density at radius 2 is 1.78 bits per heavy atom. The second kappa shape index (κ2) is 9.52. The van der Waals surface area contributed by atoms with Crippen molar-refractivity contribution in [2.45, 2.75) is 38.4 Å². The molecule has 3 aromatic rings. The number of benzene rings is 1. The van der Waals surface area contributed by atoms with Gasteiger partial charge in [0.25, 0.3) is 0 Å². The van der Waals surface area contributed by atoms with Crippen molar-refractivity contribution in [3.05, 3.63) is 66.0 Å². The van der Waals surface area contributed by atoms with E-state index in [1.807, 2.05) is 31.2 Å². The lowest BCUT2D eigenvalue weighted by molar-refractivity contribution is -0.122. The molecule has 0 unspecified atom stereocenters. The van der Waals surface area contributed by atoms with Crippen molar-refractivity contribution in [3.63, 3.8) is 0 Å². The predicted molar refractivity (Wildman–Crippen MR) is 121 cm³/mol. The number of nitrogens with zero attached hydrogens (tertiary/aromatic N) is 4. The van der Waals surface area contributed by atoms with Crippen LogP contribution in [0.3, 0.4) is 0 Å². The molecule has 0 radical (unpaired) electrons. The lowest BCUT2D eigenvalue weighted by Crippen LogP contribution is -2.32. The van der Waals surface area contributed by atoms with Gasteiger partial charge >= 0.3 is 0 Å². The lowest BCUT2D eigenvalue weighted by Gasteiger charge is -2.23. The maximum absolute atomic E-state index is 13.1. The van der Waals surface area contributed by atoms with Gasteiger partial charge < -0.3 is 4.74 Å². The van der Waals surface area contributed by atoms with Gasteiger partial charge in [0, 0.05) is 24.4 Å². The first-order chi connectivity index (χ1) is 15.1. The molecule has 0 saturated carbocycles. The molecule has 0 spiro atoms. The van der Waals surface area contributed by atoms with Crippen LogP contribution in [0.1, 0.15) is 37.9 Å². The van der Waals surface area contributed by atoms with Crippen LogP contribution < -0.4 is 4.74 Å². The first kappa shape index (κ1) is 23.5. The van der Waals surface area contributed by atoms with Crippen LogP contribution in [0.5, 0.6) is 5.88 Å². The van der Waals surface area contributed by atoms with Gasteiger partial charge in [0.15, 0.2) is 9.84 Å². The molecule has 2 heterocycles. The van der Waals surface area contributed by atoms with Crippen LogP contribution in [0.15, 0.2) is 48.9 Å². The Bertz CT molecular complexity index is 1210. The van der Waals surface area contributed by atoms with Gasteiger partial charge in [0.2, 0.25) is 5.88 Å². The van der Waals surface area contributed by atoms with E-state index in [0.717, 1.165) is 17.4 Å². The summed E-state index contributed by atoms with van der Waals surface area (Å²) in [6.07, 6.45) is 6.06. The topological polar surface area (TPSA) is 112 Å². The smallest absolute Gasteiger partial charge is 0.232 e. The fraction of sp³-hybridized carbons (Fsp3) is 0.348. The highest BCUT2D eigenvalue weighted by atomic mass is 32.2. The quantitative estimate of drug-likeness (QED) is 0.485. The summed E-state index contributed by atoms with van der Waals surface area (Å²) in [6, 6.07) is 9.20. The van der Waals surface area contributed by atoms with Crippen molar-refractivity contribution in [1.29, 1.82) is 0 Å². The Morgan fingerprint density at radius 3 is 2.44 bits per heavy atom. The van der Waals surface area contributed by atoms with E-state index in [9.17, 15) is 13.2 Å². The summed E-state index contributed by atoms with van der Waals surface area (Å²) in [4.78, 5) is 30.0. The third kappa shape index (κ3) is 5.94. The number of hydrogen-bond donors (Lipinski definition) is 0. The molecule has 0 aliphatic rings. The van der Waals surface area contributed by atoms with Gasteiger partial charge in [-0.15, -0.1) is 0 Å². The molecular formula is C23H26N4O4S. The Balaban J connectivity index is 1.75. The van der Waals surface area contributed by atoms with Crippen LogP contribution in [0.4, 0.5) is 0 Å². The molecule has 0 amide bonds. The van der Waals surface area contributed by atoms with Gasteiger partial charge in [0.1, 0.15) is 17.4 Å². The molecule has 0 N–H and O–H groups in total.